The minimum atomic E-state index is -1.57. The van der Waals surface area contributed by atoms with E-state index in [1.807, 2.05) is 0 Å². The molecule has 4 aromatic rings. The first-order chi connectivity index (χ1) is 18.1. The Labute approximate surface area is 297 Å². The van der Waals surface area contributed by atoms with Crippen molar-refractivity contribution < 1.29 is 0 Å². The summed E-state index contributed by atoms with van der Waals surface area (Å²) >= 11 is 31.9. The Kier molecular flexibility index (Phi) is 10.1. The van der Waals surface area contributed by atoms with Gasteiger partial charge in [-0.25, -0.2) is 28.1 Å². The zero-order valence-electron chi connectivity index (χ0n) is 18.9. The molecule has 0 unspecified atom stereocenters. The number of rotatable bonds is 6. The van der Waals surface area contributed by atoms with E-state index in [0.717, 1.165) is 13.7 Å². The molecule has 0 spiro atoms. The Morgan fingerprint density at radius 2 is 0.615 bits per heavy atom. The Hall–Kier alpha value is 0.390. The van der Waals surface area contributed by atoms with Crippen molar-refractivity contribution in [3.05, 3.63) is 134 Å². The van der Waals surface area contributed by atoms with Gasteiger partial charge in [0, 0.05) is 30.1 Å². The third kappa shape index (κ3) is 5.83. The van der Waals surface area contributed by atoms with E-state index in [1.54, 1.807) is 72.8 Å². The monoisotopic (exact) mass is 1100 g/mol. The minimum absolute atomic E-state index is 0.507. The maximum Gasteiger partial charge on any atom is 0.340 e. The van der Waals surface area contributed by atoms with Crippen LogP contribution in [0.5, 0.6) is 0 Å². The second-order valence-corrected chi connectivity index (χ2v) is 20.6. The van der Waals surface area contributed by atoms with Crippen LogP contribution < -0.4 is 17.1 Å². The molecule has 0 saturated carbocycles. The molecule has 0 amide bonds. The second-order valence-electron chi connectivity index (χ2n) is 7.92. The van der Waals surface area contributed by atoms with Crippen molar-refractivity contribution in [1.82, 2.24) is 13.7 Å². The lowest BCUT2D eigenvalue weighted by molar-refractivity contribution is 0.459. The molecule has 0 atom stereocenters. The summed E-state index contributed by atoms with van der Waals surface area (Å²) < 4.78 is -0.140. The molecule has 0 saturated heterocycles. The van der Waals surface area contributed by atoms with Crippen LogP contribution in [0.2, 0.25) is 0 Å². The maximum absolute atomic E-state index is 14.3. The van der Waals surface area contributed by atoms with Gasteiger partial charge in [0.05, 0.1) is 0 Å². The van der Waals surface area contributed by atoms with Crippen molar-refractivity contribution in [3.8, 4) is 0 Å². The van der Waals surface area contributed by atoms with Crippen molar-refractivity contribution in [2.24, 2.45) is 0 Å². The number of nitrogens with zero attached hydrogens (tertiary/aromatic N) is 3. The van der Waals surface area contributed by atoms with Gasteiger partial charge in [0.1, 0.15) is 0 Å². The van der Waals surface area contributed by atoms with Crippen LogP contribution in [0.1, 0.15) is 16.7 Å². The van der Waals surface area contributed by atoms with E-state index in [1.165, 1.54) is 0 Å². The first-order valence-electron chi connectivity index (χ1n) is 10.6. The highest BCUT2D eigenvalue weighted by atomic mass is 79.9. The van der Waals surface area contributed by atoms with Crippen LogP contribution in [0.15, 0.2) is 101 Å². The maximum atomic E-state index is 14.3. The van der Waals surface area contributed by atoms with Gasteiger partial charge >= 0.3 is 17.1 Å². The quantitative estimate of drug-likeness (QED) is 0.182. The van der Waals surface area contributed by atoms with Gasteiger partial charge in [-0.05, 0) is 114 Å². The highest BCUT2D eigenvalue weighted by Gasteiger charge is 2.44. The van der Waals surface area contributed by atoms with Crippen molar-refractivity contribution in [2.75, 3.05) is 0 Å². The van der Waals surface area contributed by atoms with Crippen LogP contribution in [0.4, 0.5) is 0 Å². The normalized spacial score (nSPS) is 12.5. The Morgan fingerprint density at radius 1 is 0.410 bits per heavy atom. The van der Waals surface area contributed by atoms with Crippen LogP contribution in [-0.2, 0) is 10.1 Å². The molecular weight excluding hydrogens is 1100 g/mol. The van der Waals surface area contributed by atoms with E-state index < -0.39 is 27.1 Å². The fourth-order valence-corrected chi connectivity index (χ4v) is 10.9. The molecule has 0 aliphatic rings. The molecule has 0 radical (unpaired) electrons. The lowest BCUT2D eigenvalue weighted by atomic mass is 10.2. The van der Waals surface area contributed by atoms with Crippen LogP contribution in [0.3, 0.4) is 0 Å². The molecule has 0 N–H and O–H groups in total. The molecule has 39 heavy (non-hydrogen) atoms. The van der Waals surface area contributed by atoms with E-state index in [0.29, 0.717) is 30.1 Å². The Morgan fingerprint density at radius 3 is 0.821 bits per heavy atom. The predicted octanol–water partition coefficient (Wildman–Crippen LogP) is 8.80. The molecule has 15 heteroatoms. The molecule has 1 aromatic heterocycles. The van der Waals surface area contributed by atoms with Gasteiger partial charge in [-0.15, -0.1) is 0 Å². The molecule has 0 aliphatic carbocycles. The molecule has 0 aliphatic heterocycles. The SMILES string of the molecule is O=c1n(C(Br)(Br)c2ccccc2Br)c(=O)n(C(Br)(Br)c2ccccc2Br)c(=O)n1C(Br)(Br)c1ccccc1Br. The Balaban J connectivity index is 2.22. The van der Waals surface area contributed by atoms with E-state index in [2.05, 4.69) is 143 Å². The zero-order chi connectivity index (χ0) is 28.9. The van der Waals surface area contributed by atoms with Crippen molar-refractivity contribution in [3.63, 3.8) is 0 Å². The molecule has 6 nitrogen and oxygen atoms in total. The summed E-state index contributed by atoms with van der Waals surface area (Å²) in [5.41, 5.74) is -1.23. The molecule has 3 aromatic carbocycles. The van der Waals surface area contributed by atoms with Crippen molar-refractivity contribution in [2.45, 2.75) is 10.1 Å². The second kappa shape index (κ2) is 12.2. The third-order valence-electron chi connectivity index (χ3n) is 5.58. The van der Waals surface area contributed by atoms with E-state index >= 15 is 0 Å². The summed E-state index contributed by atoms with van der Waals surface area (Å²) in [4.78, 5) is 42.8. The van der Waals surface area contributed by atoms with Gasteiger partial charge in [-0.3, -0.25) is 0 Å². The molecule has 0 bridgehead atoms. The van der Waals surface area contributed by atoms with E-state index in [9.17, 15) is 14.4 Å². The van der Waals surface area contributed by atoms with Crippen molar-refractivity contribution in [1.29, 1.82) is 0 Å². The average Bonchev–Trinajstić information content (AvgIpc) is 2.83. The van der Waals surface area contributed by atoms with E-state index in [4.69, 9.17) is 0 Å². The Bertz CT molecular complexity index is 1530. The summed E-state index contributed by atoms with van der Waals surface area (Å²) in [6.45, 7) is 0. The van der Waals surface area contributed by atoms with Gasteiger partial charge in [0.2, 0.25) is 0 Å². The van der Waals surface area contributed by atoms with Gasteiger partial charge in [-0.2, -0.15) is 0 Å². The standard InChI is InChI=1S/C24H12Br9N3O3/c25-16-10-4-1-7-13(16)22(28,29)34-19(37)35(23(30,31)14-8-2-5-11-17(14)26)21(39)36(20(34)38)24(32,33)15-9-3-6-12-18(15)27/h1-12H. The number of benzene rings is 3. The minimum Gasteiger partial charge on any atom is -0.247 e. The fraction of sp³-hybridized carbons (Fsp3) is 0.125. The van der Waals surface area contributed by atoms with Gasteiger partial charge in [0.25, 0.3) is 0 Å². The summed E-state index contributed by atoms with van der Waals surface area (Å²) in [6, 6.07) is 21.2. The molecule has 1 heterocycles. The number of halogens is 9. The van der Waals surface area contributed by atoms with Crippen molar-refractivity contribution >= 4 is 143 Å². The van der Waals surface area contributed by atoms with Gasteiger partial charge < -0.3 is 0 Å². The lowest BCUT2D eigenvalue weighted by Gasteiger charge is -2.32. The third-order valence-corrected chi connectivity index (χ3v) is 12.3. The van der Waals surface area contributed by atoms with Gasteiger partial charge in [-0.1, -0.05) is 102 Å². The largest absolute Gasteiger partial charge is 0.340 e. The summed E-state index contributed by atoms with van der Waals surface area (Å²) in [5, 5.41) is 0. The molecule has 0 fully saturated rings. The van der Waals surface area contributed by atoms with E-state index in [-0.39, 0.29) is 0 Å². The highest BCUT2D eigenvalue weighted by Crippen LogP contribution is 2.45. The molecule has 204 valence electrons. The number of alkyl halides is 6. The zero-order valence-corrected chi connectivity index (χ0v) is 33.2. The number of hydrogen-bond acceptors (Lipinski definition) is 3. The summed E-state index contributed by atoms with van der Waals surface area (Å²) in [5.74, 6) is 0. The first kappa shape index (κ1) is 32.3. The van der Waals surface area contributed by atoms with Crippen LogP contribution in [0, 0.1) is 0 Å². The summed E-state index contributed by atoms with van der Waals surface area (Å²) in [7, 11) is 0. The lowest BCUT2D eigenvalue weighted by Crippen LogP contribution is -2.63. The molecule has 4 rings (SSSR count). The van der Waals surface area contributed by atoms with Crippen LogP contribution in [-0.4, -0.2) is 13.7 Å². The fourth-order valence-electron chi connectivity index (χ4n) is 3.74. The van der Waals surface area contributed by atoms with Crippen LogP contribution >= 0.6 is 143 Å². The van der Waals surface area contributed by atoms with Gasteiger partial charge in [0.15, 0.2) is 10.1 Å². The first-order valence-corrected chi connectivity index (χ1v) is 17.7. The predicted molar refractivity (Wildman–Crippen MR) is 186 cm³/mol. The molecular formula is C24H12Br9N3O3. The highest BCUT2D eigenvalue weighted by molar-refractivity contribution is 9.25. The topological polar surface area (TPSA) is 66.0 Å². The number of aromatic nitrogens is 3. The average molecular weight is 1110 g/mol. The number of hydrogen-bond donors (Lipinski definition) is 0. The smallest absolute Gasteiger partial charge is 0.247 e. The van der Waals surface area contributed by atoms with Crippen LogP contribution in [0.25, 0.3) is 0 Å². The summed E-state index contributed by atoms with van der Waals surface area (Å²) in [6.07, 6.45) is 0.